The van der Waals surface area contributed by atoms with E-state index in [1.54, 1.807) is 6.07 Å². The molecule has 1 atom stereocenters. The fourth-order valence-corrected chi connectivity index (χ4v) is 4.20. The maximum absolute atomic E-state index is 12.7. The van der Waals surface area contributed by atoms with Crippen molar-refractivity contribution in [3.05, 3.63) is 63.6 Å². The molecule has 0 spiro atoms. The van der Waals surface area contributed by atoms with Gasteiger partial charge in [-0.2, -0.15) is 0 Å². The molecule has 150 valence electrons. The molecular weight excluding hydrogens is 408 g/mol. The van der Waals surface area contributed by atoms with Crippen LogP contribution in [-0.2, 0) is 0 Å². The van der Waals surface area contributed by atoms with Gasteiger partial charge in [-0.25, -0.2) is 9.97 Å². The highest BCUT2D eigenvalue weighted by atomic mass is 35.5. The summed E-state index contributed by atoms with van der Waals surface area (Å²) >= 11 is 7.70. The molecule has 4 rings (SSSR count). The molecule has 0 aliphatic carbocycles. The Balaban J connectivity index is 1.46. The van der Waals surface area contributed by atoms with Crippen molar-refractivity contribution in [2.45, 2.75) is 19.9 Å². The molecule has 1 fully saturated rings. The van der Waals surface area contributed by atoms with E-state index in [9.17, 15) is 4.79 Å². The zero-order chi connectivity index (χ0) is 20.4. The third kappa shape index (κ3) is 4.36. The molecule has 0 N–H and O–H groups in total. The monoisotopic (exact) mass is 428 g/mol. The van der Waals surface area contributed by atoms with Crippen molar-refractivity contribution >= 4 is 34.7 Å². The van der Waals surface area contributed by atoms with Crippen molar-refractivity contribution in [1.82, 2.24) is 14.9 Å². The average Bonchev–Trinajstić information content (AvgIpc) is 3.25. The number of aromatic nitrogens is 2. The lowest BCUT2D eigenvalue weighted by Gasteiger charge is -2.40. The van der Waals surface area contributed by atoms with E-state index in [0.717, 1.165) is 16.3 Å². The number of ether oxygens (including phenoxy) is 1. The minimum Gasteiger partial charge on any atom is -0.437 e. The Hall–Kier alpha value is -2.64. The summed E-state index contributed by atoms with van der Waals surface area (Å²) in [5.74, 6) is 1.87. The predicted octanol–water partition coefficient (Wildman–Crippen LogP) is 4.64. The number of aryl methyl sites for hydroxylation is 1. The molecule has 1 aromatic carbocycles. The van der Waals surface area contributed by atoms with Crippen LogP contribution < -0.4 is 9.64 Å². The summed E-state index contributed by atoms with van der Waals surface area (Å²) in [5, 5.41) is 2.46. The summed E-state index contributed by atoms with van der Waals surface area (Å²) in [6, 6.07) is 11.3. The van der Waals surface area contributed by atoms with Gasteiger partial charge in [-0.3, -0.25) is 4.79 Å². The van der Waals surface area contributed by atoms with Crippen LogP contribution in [0.4, 0.5) is 5.82 Å². The van der Waals surface area contributed by atoms with Gasteiger partial charge in [-0.05, 0) is 43.0 Å². The first kappa shape index (κ1) is 19.7. The number of amides is 1. The van der Waals surface area contributed by atoms with Crippen molar-refractivity contribution in [2.24, 2.45) is 0 Å². The minimum atomic E-state index is 0.0731. The molecule has 3 aromatic rings. The number of nitrogens with zero attached hydrogens (tertiary/aromatic N) is 4. The van der Waals surface area contributed by atoms with Crippen LogP contribution >= 0.6 is 22.9 Å². The molecule has 8 heteroatoms. The molecule has 29 heavy (non-hydrogen) atoms. The number of piperazine rings is 1. The fourth-order valence-electron chi connectivity index (χ4n) is 3.37. The van der Waals surface area contributed by atoms with Crippen molar-refractivity contribution in [1.29, 1.82) is 0 Å². The van der Waals surface area contributed by atoms with E-state index < -0.39 is 0 Å². The number of carbonyl (C=O) groups is 1. The molecule has 0 saturated carbocycles. The first-order valence-electron chi connectivity index (χ1n) is 9.37. The van der Waals surface area contributed by atoms with Crippen LogP contribution in [0.2, 0.25) is 5.02 Å². The van der Waals surface area contributed by atoms with Crippen molar-refractivity contribution < 1.29 is 9.53 Å². The lowest BCUT2D eigenvalue weighted by molar-refractivity contribution is 0.0678. The Bertz CT molecular complexity index is 1010. The van der Waals surface area contributed by atoms with Crippen LogP contribution in [0.5, 0.6) is 11.6 Å². The first-order chi connectivity index (χ1) is 14.0. The van der Waals surface area contributed by atoms with Gasteiger partial charge in [-0.15, -0.1) is 11.3 Å². The van der Waals surface area contributed by atoms with Crippen LogP contribution in [0.1, 0.15) is 22.2 Å². The number of benzene rings is 1. The Labute approximate surface area is 178 Å². The summed E-state index contributed by atoms with van der Waals surface area (Å²) in [6.07, 6.45) is 1.49. The van der Waals surface area contributed by atoms with Gasteiger partial charge in [0.15, 0.2) is 0 Å². The maximum atomic E-state index is 12.7. The Morgan fingerprint density at radius 1 is 1.24 bits per heavy atom. The molecule has 1 aliphatic heterocycles. The van der Waals surface area contributed by atoms with Crippen molar-refractivity contribution in [3.63, 3.8) is 0 Å². The summed E-state index contributed by atoms with van der Waals surface area (Å²) < 4.78 is 5.88. The van der Waals surface area contributed by atoms with E-state index in [1.165, 1.54) is 17.7 Å². The number of thiophene rings is 1. The summed E-state index contributed by atoms with van der Waals surface area (Å²) in [4.78, 5) is 26.2. The van der Waals surface area contributed by atoms with Gasteiger partial charge in [0.1, 0.15) is 17.9 Å². The van der Waals surface area contributed by atoms with Crippen LogP contribution in [0.15, 0.2) is 48.1 Å². The number of rotatable bonds is 4. The molecule has 1 amide bonds. The van der Waals surface area contributed by atoms with Gasteiger partial charge < -0.3 is 14.5 Å². The first-order valence-corrected chi connectivity index (χ1v) is 10.6. The largest absolute Gasteiger partial charge is 0.437 e. The van der Waals surface area contributed by atoms with E-state index in [-0.39, 0.29) is 11.9 Å². The second-order valence-electron chi connectivity index (χ2n) is 7.02. The highest BCUT2D eigenvalue weighted by Gasteiger charge is 2.29. The van der Waals surface area contributed by atoms with Crippen LogP contribution in [0.25, 0.3) is 0 Å². The normalized spacial score (nSPS) is 16.7. The summed E-state index contributed by atoms with van der Waals surface area (Å²) in [6.45, 7) is 6.07. The standard InChI is InChI=1S/C21H21ClN4O2S/c1-14-5-6-16(22)17(10-14)28-20-11-19(23-13-24-20)25-7-8-26(15(2)12-25)21(27)18-4-3-9-29-18/h3-6,9-11,13,15H,7-8,12H2,1-2H3/t15-/m0/s1. The predicted molar refractivity (Wildman–Crippen MR) is 115 cm³/mol. The van der Waals surface area contributed by atoms with E-state index in [4.69, 9.17) is 16.3 Å². The highest BCUT2D eigenvalue weighted by molar-refractivity contribution is 7.12. The number of anilines is 1. The maximum Gasteiger partial charge on any atom is 0.264 e. The van der Waals surface area contributed by atoms with Crippen LogP contribution in [0, 0.1) is 6.92 Å². The third-order valence-electron chi connectivity index (χ3n) is 4.87. The molecule has 0 bridgehead atoms. The Kier molecular flexibility index (Phi) is 5.69. The fraction of sp³-hybridized carbons (Fsp3) is 0.286. The zero-order valence-corrected chi connectivity index (χ0v) is 17.8. The van der Waals surface area contributed by atoms with E-state index in [1.807, 2.05) is 47.5 Å². The van der Waals surface area contributed by atoms with E-state index >= 15 is 0 Å². The molecule has 1 aliphatic rings. The van der Waals surface area contributed by atoms with Crippen molar-refractivity contribution in [3.8, 4) is 11.6 Å². The molecular formula is C21H21ClN4O2S. The molecule has 2 aromatic heterocycles. The van der Waals surface area contributed by atoms with Gasteiger partial charge in [-0.1, -0.05) is 23.7 Å². The number of hydrogen-bond donors (Lipinski definition) is 0. The van der Waals surface area contributed by atoms with Gasteiger partial charge in [0.25, 0.3) is 5.91 Å². The Morgan fingerprint density at radius 2 is 2.10 bits per heavy atom. The lowest BCUT2D eigenvalue weighted by atomic mass is 10.2. The van der Waals surface area contributed by atoms with Crippen LogP contribution in [-0.4, -0.2) is 46.5 Å². The molecule has 0 radical (unpaired) electrons. The average molecular weight is 429 g/mol. The number of carbonyl (C=O) groups excluding carboxylic acids is 1. The van der Waals surface area contributed by atoms with Gasteiger partial charge >= 0.3 is 0 Å². The topological polar surface area (TPSA) is 58.6 Å². The smallest absolute Gasteiger partial charge is 0.264 e. The summed E-state index contributed by atoms with van der Waals surface area (Å²) in [7, 11) is 0. The highest BCUT2D eigenvalue weighted by Crippen LogP contribution is 2.30. The second kappa shape index (κ2) is 8.39. The number of halogens is 1. The third-order valence-corrected chi connectivity index (χ3v) is 6.04. The molecule has 0 unspecified atom stereocenters. The molecule has 1 saturated heterocycles. The van der Waals surface area contributed by atoms with E-state index in [0.29, 0.717) is 36.3 Å². The van der Waals surface area contributed by atoms with Gasteiger partial charge in [0, 0.05) is 31.7 Å². The zero-order valence-electron chi connectivity index (χ0n) is 16.2. The van der Waals surface area contributed by atoms with E-state index in [2.05, 4.69) is 21.8 Å². The Morgan fingerprint density at radius 3 is 2.86 bits per heavy atom. The van der Waals surface area contributed by atoms with Gasteiger partial charge in [0.2, 0.25) is 5.88 Å². The van der Waals surface area contributed by atoms with Crippen LogP contribution in [0.3, 0.4) is 0 Å². The quantitative estimate of drug-likeness (QED) is 0.605. The number of hydrogen-bond acceptors (Lipinski definition) is 6. The van der Waals surface area contributed by atoms with Gasteiger partial charge in [0.05, 0.1) is 9.90 Å². The SMILES string of the molecule is Cc1ccc(Cl)c(Oc2cc(N3CCN(C(=O)c4cccs4)[C@@H](C)C3)ncn2)c1. The second-order valence-corrected chi connectivity index (χ2v) is 8.38. The molecule has 3 heterocycles. The lowest BCUT2D eigenvalue weighted by Crippen LogP contribution is -2.54. The molecule has 6 nitrogen and oxygen atoms in total. The minimum absolute atomic E-state index is 0.0731. The summed E-state index contributed by atoms with van der Waals surface area (Å²) in [5.41, 5.74) is 1.05. The van der Waals surface area contributed by atoms with Crippen molar-refractivity contribution in [2.75, 3.05) is 24.5 Å².